The molecule has 0 saturated carbocycles. The highest BCUT2D eigenvalue weighted by Crippen LogP contribution is 2.26. The van der Waals surface area contributed by atoms with Gasteiger partial charge in [0.2, 0.25) is 0 Å². The first-order chi connectivity index (χ1) is 4.99. The Morgan fingerprint density at radius 2 is 1.82 bits per heavy atom. The normalized spacial score (nSPS) is 15.0. The van der Waals surface area contributed by atoms with E-state index < -0.39 is 0 Å². The Bertz CT molecular complexity index is 91.5. The quantitative estimate of drug-likeness (QED) is 0.667. The van der Waals surface area contributed by atoms with E-state index in [1.54, 1.807) is 0 Å². The predicted molar refractivity (Wildman–Crippen MR) is 49.6 cm³/mol. The summed E-state index contributed by atoms with van der Waals surface area (Å²) in [6, 6.07) is 0. The molecule has 0 rings (SSSR count). The molecule has 0 aromatic carbocycles. The van der Waals surface area contributed by atoms with E-state index in [0.717, 1.165) is 12.8 Å². The molecule has 0 heterocycles. The van der Waals surface area contributed by atoms with Crippen LogP contribution in [0.25, 0.3) is 0 Å². The zero-order valence-corrected chi connectivity index (χ0v) is 8.35. The van der Waals surface area contributed by atoms with Gasteiger partial charge in [-0.2, -0.15) is 0 Å². The van der Waals surface area contributed by atoms with E-state index in [0.29, 0.717) is 17.9 Å². The number of aliphatic hydroxyl groups excluding tert-OH is 1. The summed E-state index contributed by atoms with van der Waals surface area (Å²) in [5.41, 5.74) is 0.364. The van der Waals surface area contributed by atoms with E-state index >= 15 is 0 Å². The molecule has 0 saturated heterocycles. The number of aliphatic hydroxyl groups is 1. The van der Waals surface area contributed by atoms with E-state index in [2.05, 4.69) is 27.7 Å². The maximum atomic E-state index is 9.02. The van der Waals surface area contributed by atoms with Crippen molar-refractivity contribution in [3.05, 3.63) is 0 Å². The Balaban J connectivity index is 3.68. The maximum Gasteiger partial charge on any atom is 0.0459 e. The Morgan fingerprint density at radius 1 is 1.27 bits per heavy atom. The highest BCUT2D eigenvalue weighted by molar-refractivity contribution is 4.68. The van der Waals surface area contributed by atoms with E-state index in [1.807, 2.05) is 0 Å². The fourth-order valence-corrected chi connectivity index (χ4v) is 1.53. The summed E-state index contributed by atoms with van der Waals surface area (Å²) < 4.78 is 0. The van der Waals surface area contributed by atoms with Crippen molar-refractivity contribution >= 4 is 0 Å². The van der Waals surface area contributed by atoms with E-state index in [9.17, 15) is 0 Å². The summed E-state index contributed by atoms with van der Waals surface area (Å²) in [5, 5.41) is 9.02. The number of rotatable bonds is 4. The maximum absolute atomic E-state index is 9.02. The van der Waals surface area contributed by atoms with Crippen LogP contribution in [-0.2, 0) is 0 Å². The smallest absolute Gasteiger partial charge is 0.0459 e. The van der Waals surface area contributed by atoms with Crippen molar-refractivity contribution in [3.63, 3.8) is 0 Å². The zero-order valence-electron chi connectivity index (χ0n) is 8.35. The summed E-state index contributed by atoms with van der Waals surface area (Å²) in [6.45, 7) is 9.21. The summed E-state index contributed by atoms with van der Waals surface area (Å²) in [4.78, 5) is 0. The molecule has 1 N–H and O–H groups in total. The van der Waals surface area contributed by atoms with Gasteiger partial charge in [-0.1, -0.05) is 34.1 Å². The van der Waals surface area contributed by atoms with Crippen LogP contribution in [0.1, 0.15) is 47.0 Å². The third-order valence-corrected chi connectivity index (χ3v) is 1.86. The number of hydrogen-bond acceptors (Lipinski definition) is 1. The van der Waals surface area contributed by atoms with Gasteiger partial charge >= 0.3 is 0 Å². The molecule has 0 unspecified atom stereocenters. The van der Waals surface area contributed by atoms with Crippen molar-refractivity contribution in [2.75, 3.05) is 6.61 Å². The van der Waals surface area contributed by atoms with E-state index in [1.165, 1.54) is 6.42 Å². The van der Waals surface area contributed by atoms with Crippen LogP contribution in [0.3, 0.4) is 0 Å². The minimum atomic E-state index is 0.352. The average molecular weight is 158 g/mol. The van der Waals surface area contributed by atoms with Crippen molar-refractivity contribution in [2.45, 2.75) is 47.0 Å². The van der Waals surface area contributed by atoms with E-state index in [-0.39, 0.29) is 0 Å². The van der Waals surface area contributed by atoms with Gasteiger partial charge < -0.3 is 5.11 Å². The molecule has 0 spiro atoms. The molecule has 0 aromatic heterocycles. The topological polar surface area (TPSA) is 20.2 Å². The van der Waals surface area contributed by atoms with Crippen LogP contribution in [0, 0.1) is 11.3 Å². The summed E-state index contributed by atoms with van der Waals surface area (Å²) in [6.07, 6.45) is 3.48. The van der Waals surface area contributed by atoms with Crippen LogP contribution in [0.5, 0.6) is 0 Å². The third-order valence-electron chi connectivity index (χ3n) is 1.86. The molecule has 0 aliphatic carbocycles. The molecule has 0 aromatic rings. The third kappa shape index (κ3) is 6.36. The predicted octanol–water partition coefficient (Wildman–Crippen LogP) is 2.83. The molecular weight excluding hydrogens is 136 g/mol. The Hall–Kier alpha value is -0.0400. The molecule has 1 heteroatoms. The van der Waals surface area contributed by atoms with Crippen molar-refractivity contribution in [1.29, 1.82) is 0 Å². The second kappa shape index (κ2) is 4.76. The number of hydrogen-bond donors (Lipinski definition) is 1. The fourth-order valence-electron chi connectivity index (χ4n) is 1.53. The van der Waals surface area contributed by atoms with Crippen molar-refractivity contribution in [2.24, 2.45) is 11.3 Å². The first-order valence-electron chi connectivity index (χ1n) is 4.60. The molecule has 11 heavy (non-hydrogen) atoms. The standard InChI is InChI=1S/C10H22O/c1-5-6-9(8-11)7-10(2,3)4/h9,11H,5-8H2,1-4H3/t9-/m0/s1. The monoisotopic (exact) mass is 158 g/mol. The molecule has 0 aliphatic rings. The van der Waals surface area contributed by atoms with Crippen molar-refractivity contribution in [1.82, 2.24) is 0 Å². The highest BCUT2D eigenvalue weighted by atomic mass is 16.3. The fraction of sp³-hybridized carbons (Fsp3) is 1.00. The lowest BCUT2D eigenvalue weighted by molar-refractivity contribution is 0.170. The molecule has 0 bridgehead atoms. The molecule has 68 valence electrons. The van der Waals surface area contributed by atoms with Gasteiger partial charge in [0.15, 0.2) is 0 Å². The van der Waals surface area contributed by atoms with Crippen LogP contribution < -0.4 is 0 Å². The van der Waals surface area contributed by atoms with Gasteiger partial charge in [-0.05, 0) is 24.2 Å². The summed E-state index contributed by atoms with van der Waals surface area (Å²) in [5.74, 6) is 0.514. The molecule has 0 amide bonds. The van der Waals surface area contributed by atoms with E-state index in [4.69, 9.17) is 5.11 Å². The lowest BCUT2D eigenvalue weighted by Gasteiger charge is -2.24. The van der Waals surface area contributed by atoms with Gasteiger partial charge in [0.05, 0.1) is 0 Å². The Labute approximate surface area is 70.8 Å². The Morgan fingerprint density at radius 3 is 2.09 bits per heavy atom. The largest absolute Gasteiger partial charge is 0.396 e. The zero-order chi connectivity index (χ0) is 8.91. The van der Waals surface area contributed by atoms with Gasteiger partial charge in [0.1, 0.15) is 0 Å². The molecule has 1 nitrogen and oxygen atoms in total. The highest BCUT2D eigenvalue weighted by Gasteiger charge is 2.16. The second-order valence-electron chi connectivity index (χ2n) is 4.60. The lowest BCUT2D eigenvalue weighted by Crippen LogP contribution is -2.16. The van der Waals surface area contributed by atoms with Gasteiger partial charge in [-0.25, -0.2) is 0 Å². The van der Waals surface area contributed by atoms with Crippen LogP contribution in [0.15, 0.2) is 0 Å². The average Bonchev–Trinajstić information content (AvgIpc) is 1.84. The summed E-state index contributed by atoms with van der Waals surface area (Å²) in [7, 11) is 0. The lowest BCUT2D eigenvalue weighted by atomic mass is 9.83. The van der Waals surface area contributed by atoms with Crippen LogP contribution in [0.4, 0.5) is 0 Å². The SMILES string of the molecule is CCC[C@H](CO)CC(C)(C)C. The molecule has 0 radical (unpaired) electrons. The minimum absolute atomic E-state index is 0.352. The van der Waals surface area contributed by atoms with Gasteiger partial charge in [-0.15, -0.1) is 0 Å². The van der Waals surface area contributed by atoms with Gasteiger partial charge in [0.25, 0.3) is 0 Å². The van der Waals surface area contributed by atoms with Crippen LogP contribution in [0.2, 0.25) is 0 Å². The van der Waals surface area contributed by atoms with Gasteiger partial charge in [-0.3, -0.25) is 0 Å². The summed E-state index contributed by atoms with van der Waals surface area (Å²) >= 11 is 0. The van der Waals surface area contributed by atoms with Crippen molar-refractivity contribution in [3.8, 4) is 0 Å². The Kier molecular flexibility index (Phi) is 4.74. The van der Waals surface area contributed by atoms with Crippen LogP contribution in [-0.4, -0.2) is 11.7 Å². The molecule has 1 atom stereocenters. The van der Waals surface area contributed by atoms with Crippen LogP contribution >= 0.6 is 0 Å². The second-order valence-corrected chi connectivity index (χ2v) is 4.60. The molecule has 0 fully saturated rings. The first kappa shape index (κ1) is 11.0. The first-order valence-corrected chi connectivity index (χ1v) is 4.60. The van der Waals surface area contributed by atoms with Gasteiger partial charge in [0, 0.05) is 6.61 Å². The molecular formula is C10H22O. The molecule has 0 aliphatic heterocycles. The minimum Gasteiger partial charge on any atom is -0.396 e. The van der Waals surface area contributed by atoms with Crippen molar-refractivity contribution < 1.29 is 5.11 Å².